The van der Waals surface area contributed by atoms with Crippen LogP contribution >= 0.6 is 0 Å². The molecule has 92 valence electrons. The van der Waals surface area contributed by atoms with Gasteiger partial charge in [0.25, 0.3) is 5.69 Å². The lowest BCUT2D eigenvalue weighted by molar-refractivity contribution is -0.384. The van der Waals surface area contributed by atoms with E-state index in [4.69, 9.17) is 0 Å². The first-order valence-electron chi connectivity index (χ1n) is 5.56. The van der Waals surface area contributed by atoms with Gasteiger partial charge in [-0.05, 0) is 6.07 Å². The summed E-state index contributed by atoms with van der Waals surface area (Å²) >= 11 is 0. The lowest BCUT2D eigenvalue weighted by Gasteiger charge is -2.30. The van der Waals surface area contributed by atoms with Crippen LogP contribution in [0.3, 0.4) is 0 Å². The molecule has 1 aromatic rings. The Bertz CT molecular complexity index is 416. The molecular formula is C11H15N3O3. The molecule has 2 rings (SSSR count). The zero-order valence-corrected chi connectivity index (χ0v) is 9.43. The number of non-ortho nitro benzene ring substituents is 1. The fraction of sp³-hybridized carbons (Fsp3) is 0.455. The second-order valence-electron chi connectivity index (χ2n) is 3.97. The lowest BCUT2D eigenvalue weighted by atomic mass is 10.1. The molecule has 1 aliphatic heterocycles. The van der Waals surface area contributed by atoms with Crippen molar-refractivity contribution >= 4 is 11.4 Å². The SMILES string of the molecule is O=[N+]([O-])c1ccc(N2CCNCC2)c(CO)c1. The predicted octanol–water partition coefficient (Wildman–Crippen LogP) is 0.497. The van der Waals surface area contributed by atoms with E-state index in [-0.39, 0.29) is 12.3 Å². The van der Waals surface area contributed by atoms with Gasteiger partial charge in [0.2, 0.25) is 0 Å². The highest BCUT2D eigenvalue weighted by molar-refractivity contribution is 5.58. The van der Waals surface area contributed by atoms with E-state index in [1.165, 1.54) is 12.1 Å². The van der Waals surface area contributed by atoms with Crippen LogP contribution in [-0.2, 0) is 6.61 Å². The first-order valence-corrected chi connectivity index (χ1v) is 5.56. The van der Waals surface area contributed by atoms with E-state index in [1.54, 1.807) is 6.07 Å². The molecular weight excluding hydrogens is 222 g/mol. The Morgan fingerprint density at radius 2 is 2.12 bits per heavy atom. The number of nitro groups is 1. The van der Waals surface area contributed by atoms with E-state index in [1.807, 2.05) is 0 Å². The fourth-order valence-electron chi connectivity index (χ4n) is 2.03. The van der Waals surface area contributed by atoms with Gasteiger partial charge in [-0.2, -0.15) is 0 Å². The molecule has 0 amide bonds. The second-order valence-corrected chi connectivity index (χ2v) is 3.97. The van der Waals surface area contributed by atoms with Crippen LogP contribution < -0.4 is 10.2 Å². The molecule has 1 aromatic carbocycles. The van der Waals surface area contributed by atoms with Crippen molar-refractivity contribution in [2.45, 2.75) is 6.61 Å². The predicted molar refractivity (Wildman–Crippen MR) is 64.1 cm³/mol. The third-order valence-electron chi connectivity index (χ3n) is 2.90. The molecule has 0 aromatic heterocycles. The number of aliphatic hydroxyl groups is 1. The minimum Gasteiger partial charge on any atom is -0.392 e. The standard InChI is InChI=1S/C11H15N3O3/c15-8-9-7-10(14(16)17)1-2-11(9)13-5-3-12-4-6-13/h1-2,7,12,15H,3-6,8H2. The van der Waals surface area contributed by atoms with Crippen LogP contribution in [0.25, 0.3) is 0 Å². The average Bonchev–Trinajstić information content (AvgIpc) is 2.39. The number of aliphatic hydroxyl groups excluding tert-OH is 1. The van der Waals surface area contributed by atoms with Gasteiger partial charge in [0.15, 0.2) is 0 Å². The largest absolute Gasteiger partial charge is 0.392 e. The number of hydrogen-bond acceptors (Lipinski definition) is 5. The summed E-state index contributed by atoms with van der Waals surface area (Å²) in [6.45, 7) is 3.31. The summed E-state index contributed by atoms with van der Waals surface area (Å²) in [5.41, 5.74) is 1.52. The van der Waals surface area contributed by atoms with Gasteiger partial charge in [-0.3, -0.25) is 10.1 Å². The van der Waals surface area contributed by atoms with Crippen LogP contribution in [0.5, 0.6) is 0 Å². The minimum atomic E-state index is -0.444. The van der Waals surface area contributed by atoms with Crippen LogP contribution in [0.15, 0.2) is 18.2 Å². The molecule has 0 saturated carbocycles. The van der Waals surface area contributed by atoms with E-state index >= 15 is 0 Å². The number of nitro benzene ring substituents is 1. The van der Waals surface area contributed by atoms with Gasteiger partial charge in [-0.25, -0.2) is 0 Å². The van der Waals surface area contributed by atoms with E-state index in [0.717, 1.165) is 31.9 Å². The molecule has 0 radical (unpaired) electrons. The molecule has 6 nitrogen and oxygen atoms in total. The van der Waals surface area contributed by atoms with Crippen molar-refractivity contribution in [2.75, 3.05) is 31.1 Å². The van der Waals surface area contributed by atoms with Crippen LogP contribution in [0, 0.1) is 10.1 Å². The molecule has 0 atom stereocenters. The quantitative estimate of drug-likeness (QED) is 0.591. The van der Waals surface area contributed by atoms with Gasteiger partial charge in [0, 0.05) is 49.6 Å². The highest BCUT2D eigenvalue weighted by Crippen LogP contribution is 2.25. The highest BCUT2D eigenvalue weighted by Gasteiger charge is 2.16. The Hall–Kier alpha value is -1.66. The summed E-state index contributed by atoms with van der Waals surface area (Å²) in [5, 5.41) is 23.2. The molecule has 6 heteroatoms. The number of hydrogen-bond donors (Lipinski definition) is 2. The van der Waals surface area contributed by atoms with Crippen LogP contribution in [0.1, 0.15) is 5.56 Å². The third-order valence-corrected chi connectivity index (χ3v) is 2.90. The summed E-state index contributed by atoms with van der Waals surface area (Å²) < 4.78 is 0. The van der Waals surface area contributed by atoms with Crippen molar-refractivity contribution in [1.82, 2.24) is 5.32 Å². The smallest absolute Gasteiger partial charge is 0.269 e. The number of nitrogens with zero attached hydrogens (tertiary/aromatic N) is 2. The normalized spacial score (nSPS) is 15.9. The van der Waals surface area contributed by atoms with Crippen molar-refractivity contribution in [3.8, 4) is 0 Å². The molecule has 0 bridgehead atoms. The van der Waals surface area contributed by atoms with E-state index in [2.05, 4.69) is 10.2 Å². The molecule has 2 N–H and O–H groups in total. The molecule has 17 heavy (non-hydrogen) atoms. The summed E-state index contributed by atoms with van der Waals surface area (Å²) in [6.07, 6.45) is 0. The lowest BCUT2D eigenvalue weighted by Crippen LogP contribution is -2.43. The van der Waals surface area contributed by atoms with Crippen molar-refractivity contribution in [2.24, 2.45) is 0 Å². The number of piperazine rings is 1. The molecule has 0 unspecified atom stereocenters. The van der Waals surface area contributed by atoms with Crippen LogP contribution in [0.2, 0.25) is 0 Å². The molecule has 0 aliphatic carbocycles. The van der Waals surface area contributed by atoms with E-state index in [9.17, 15) is 15.2 Å². The Morgan fingerprint density at radius 3 is 2.71 bits per heavy atom. The van der Waals surface area contributed by atoms with E-state index < -0.39 is 4.92 Å². The van der Waals surface area contributed by atoms with Crippen molar-refractivity contribution < 1.29 is 10.0 Å². The minimum absolute atomic E-state index is 0.0212. The van der Waals surface area contributed by atoms with Gasteiger partial charge < -0.3 is 15.3 Å². The molecule has 1 fully saturated rings. The zero-order chi connectivity index (χ0) is 12.3. The van der Waals surface area contributed by atoms with Gasteiger partial charge in [-0.1, -0.05) is 0 Å². The number of rotatable bonds is 3. The monoisotopic (exact) mass is 237 g/mol. The Balaban J connectivity index is 2.29. The van der Waals surface area contributed by atoms with Crippen molar-refractivity contribution in [1.29, 1.82) is 0 Å². The third kappa shape index (κ3) is 2.54. The zero-order valence-electron chi connectivity index (χ0n) is 9.43. The number of nitrogens with one attached hydrogen (secondary N) is 1. The van der Waals surface area contributed by atoms with Gasteiger partial charge in [0.05, 0.1) is 11.5 Å². The number of anilines is 1. The van der Waals surface area contributed by atoms with Gasteiger partial charge >= 0.3 is 0 Å². The van der Waals surface area contributed by atoms with Crippen molar-refractivity contribution in [3.05, 3.63) is 33.9 Å². The first kappa shape index (κ1) is 11.8. The average molecular weight is 237 g/mol. The molecule has 1 heterocycles. The van der Waals surface area contributed by atoms with Gasteiger partial charge in [0.1, 0.15) is 0 Å². The Kier molecular flexibility index (Phi) is 3.55. The molecule has 0 spiro atoms. The van der Waals surface area contributed by atoms with E-state index in [0.29, 0.717) is 5.56 Å². The second kappa shape index (κ2) is 5.11. The van der Waals surface area contributed by atoms with Crippen LogP contribution in [0.4, 0.5) is 11.4 Å². The van der Waals surface area contributed by atoms with Crippen LogP contribution in [-0.4, -0.2) is 36.2 Å². The topological polar surface area (TPSA) is 78.6 Å². The molecule has 1 saturated heterocycles. The van der Waals surface area contributed by atoms with Crippen molar-refractivity contribution in [3.63, 3.8) is 0 Å². The maximum atomic E-state index is 10.7. The maximum Gasteiger partial charge on any atom is 0.269 e. The number of benzene rings is 1. The van der Waals surface area contributed by atoms with Gasteiger partial charge in [-0.15, -0.1) is 0 Å². The Morgan fingerprint density at radius 1 is 1.41 bits per heavy atom. The maximum absolute atomic E-state index is 10.7. The summed E-state index contributed by atoms with van der Waals surface area (Å²) in [6, 6.07) is 4.64. The fourth-order valence-corrected chi connectivity index (χ4v) is 2.03. The molecule has 1 aliphatic rings. The summed E-state index contributed by atoms with van der Waals surface area (Å²) in [5.74, 6) is 0. The highest BCUT2D eigenvalue weighted by atomic mass is 16.6. The summed E-state index contributed by atoms with van der Waals surface area (Å²) in [4.78, 5) is 12.3. The Labute approximate surface area is 99.0 Å². The summed E-state index contributed by atoms with van der Waals surface area (Å²) in [7, 11) is 0. The first-order chi connectivity index (χ1) is 8.22.